The third kappa shape index (κ3) is 5.21. The normalized spacial score (nSPS) is 12.1. The molecule has 0 unspecified atom stereocenters. The number of aromatic nitrogens is 2. The third-order valence-corrected chi connectivity index (χ3v) is 3.49. The molecule has 104 valence electrons. The third-order valence-electron chi connectivity index (χ3n) is 3.49. The van der Waals surface area contributed by atoms with Crippen LogP contribution in [0.15, 0.2) is 6.20 Å². The predicted molar refractivity (Wildman–Crippen MR) is 77.6 cm³/mol. The number of hydrogen-bond acceptors (Lipinski definition) is 2. The van der Waals surface area contributed by atoms with Gasteiger partial charge in [0.05, 0.1) is 5.69 Å². The fourth-order valence-electron chi connectivity index (χ4n) is 2.30. The molecule has 0 radical (unpaired) electrons. The Morgan fingerprint density at radius 2 is 2.06 bits per heavy atom. The number of nitrogens with one attached hydrogen (secondary N) is 1. The molecule has 1 aromatic heterocycles. The van der Waals surface area contributed by atoms with E-state index in [1.165, 1.54) is 31.2 Å². The Kier molecular flexibility index (Phi) is 5.86. The minimum atomic E-state index is 0.394. The summed E-state index contributed by atoms with van der Waals surface area (Å²) in [6, 6.07) is 0. The van der Waals surface area contributed by atoms with Crippen molar-refractivity contribution < 1.29 is 0 Å². The van der Waals surface area contributed by atoms with E-state index in [4.69, 9.17) is 0 Å². The second kappa shape index (κ2) is 6.93. The maximum Gasteiger partial charge on any atom is 0.0638 e. The monoisotopic (exact) mass is 251 g/mol. The first-order valence-electron chi connectivity index (χ1n) is 7.14. The molecule has 3 nitrogen and oxygen atoms in total. The van der Waals surface area contributed by atoms with E-state index in [1.54, 1.807) is 0 Å². The molecule has 0 saturated heterocycles. The highest BCUT2D eigenvalue weighted by molar-refractivity contribution is 5.14. The Bertz CT molecular complexity index is 353. The minimum absolute atomic E-state index is 0.394. The molecular formula is C15H29N3. The lowest BCUT2D eigenvalue weighted by Gasteiger charge is -2.25. The van der Waals surface area contributed by atoms with Crippen molar-refractivity contribution in [1.82, 2.24) is 15.1 Å². The predicted octanol–water partition coefficient (Wildman–Crippen LogP) is 3.42. The lowest BCUT2D eigenvalue weighted by molar-refractivity contribution is 0.302. The van der Waals surface area contributed by atoms with Crippen LogP contribution in [-0.4, -0.2) is 16.3 Å². The maximum absolute atomic E-state index is 4.36. The molecule has 0 spiro atoms. The molecule has 0 aliphatic rings. The Morgan fingerprint density at radius 1 is 1.33 bits per heavy atom. The smallest absolute Gasteiger partial charge is 0.0638 e. The Labute approximate surface area is 112 Å². The van der Waals surface area contributed by atoms with Crippen molar-refractivity contribution in [3.05, 3.63) is 17.5 Å². The van der Waals surface area contributed by atoms with Gasteiger partial charge in [0, 0.05) is 31.9 Å². The molecule has 0 aliphatic carbocycles. The van der Waals surface area contributed by atoms with Gasteiger partial charge in [0.2, 0.25) is 0 Å². The van der Waals surface area contributed by atoms with Gasteiger partial charge >= 0.3 is 0 Å². The molecule has 18 heavy (non-hydrogen) atoms. The molecule has 0 amide bonds. The van der Waals surface area contributed by atoms with Crippen LogP contribution in [0.1, 0.15) is 57.7 Å². The van der Waals surface area contributed by atoms with Crippen LogP contribution in [0.3, 0.4) is 0 Å². The highest BCUT2D eigenvalue weighted by atomic mass is 15.2. The van der Waals surface area contributed by atoms with E-state index in [9.17, 15) is 0 Å². The fraction of sp³-hybridized carbons (Fsp3) is 0.800. The first kappa shape index (κ1) is 15.2. The zero-order valence-corrected chi connectivity index (χ0v) is 12.7. The molecule has 0 bridgehead atoms. The van der Waals surface area contributed by atoms with Crippen molar-refractivity contribution in [1.29, 1.82) is 0 Å². The molecule has 1 N–H and O–H groups in total. The van der Waals surface area contributed by atoms with Crippen molar-refractivity contribution >= 4 is 0 Å². The van der Waals surface area contributed by atoms with Gasteiger partial charge in [0.1, 0.15) is 0 Å². The minimum Gasteiger partial charge on any atom is -0.312 e. The second-order valence-electron chi connectivity index (χ2n) is 6.14. The number of hydrogen-bond donors (Lipinski definition) is 1. The molecule has 0 atom stereocenters. The maximum atomic E-state index is 4.36. The van der Waals surface area contributed by atoms with Gasteiger partial charge < -0.3 is 5.32 Å². The average molecular weight is 251 g/mol. The molecule has 0 aliphatic heterocycles. The van der Waals surface area contributed by atoms with Crippen LogP contribution >= 0.6 is 0 Å². The van der Waals surface area contributed by atoms with Crippen LogP contribution in [0.4, 0.5) is 0 Å². The van der Waals surface area contributed by atoms with E-state index >= 15 is 0 Å². The summed E-state index contributed by atoms with van der Waals surface area (Å²) in [6.45, 7) is 11.0. The number of rotatable bonds is 8. The van der Waals surface area contributed by atoms with E-state index in [1.807, 2.05) is 11.7 Å². The van der Waals surface area contributed by atoms with Gasteiger partial charge in [-0.15, -0.1) is 0 Å². The van der Waals surface area contributed by atoms with E-state index in [0.29, 0.717) is 5.41 Å². The summed E-state index contributed by atoms with van der Waals surface area (Å²) in [5.41, 5.74) is 2.83. The Morgan fingerprint density at radius 3 is 2.61 bits per heavy atom. The zero-order chi connectivity index (χ0) is 13.6. The van der Waals surface area contributed by atoms with E-state index < -0.39 is 0 Å². The van der Waals surface area contributed by atoms with Gasteiger partial charge in [-0.2, -0.15) is 5.10 Å². The quantitative estimate of drug-likeness (QED) is 0.717. The summed E-state index contributed by atoms with van der Waals surface area (Å²) in [5.74, 6) is 0. The summed E-state index contributed by atoms with van der Waals surface area (Å²) in [4.78, 5) is 0. The van der Waals surface area contributed by atoms with Gasteiger partial charge in [-0.25, -0.2) is 0 Å². The van der Waals surface area contributed by atoms with Crippen LogP contribution in [-0.2, 0) is 13.6 Å². The molecule has 3 heteroatoms. The van der Waals surface area contributed by atoms with Gasteiger partial charge in [0.25, 0.3) is 0 Å². The lowest BCUT2D eigenvalue weighted by atomic mass is 9.87. The molecule has 1 rings (SSSR count). The second-order valence-corrected chi connectivity index (χ2v) is 6.14. The van der Waals surface area contributed by atoms with Crippen LogP contribution in [0.5, 0.6) is 0 Å². The van der Waals surface area contributed by atoms with Crippen molar-refractivity contribution in [3.8, 4) is 0 Å². The standard InChI is InChI=1S/C15H29N3/c1-6-7-8-9-15(3,4)12-16-10-14-11-18(5)17-13(14)2/h11,16H,6-10,12H2,1-5H3. The van der Waals surface area contributed by atoms with Crippen molar-refractivity contribution in [2.24, 2.45) is 12.5 Å². The fourth-order valence-corrected chi connectivity index (χ4v) is 2.30. The highest BCUT2D eigenvalue weighted by Gasteiger charge is 2.16. The largest absolute Gasteiger partial charge is 0.312 e. The van der Waals surface area contributed by atoms with Crippen molar-refractivity contribution in [2.75, 3.05) is 6.54 Å². The van der Waals surface area contributed by atoms with Crippen LogP contribution < -0.4 is 5.32 Å². The summed E-state index contributed by atoms with van der Waals surface area (Å²) < 4.78 is 1.89. The topological polar surface area (TPSA) is 29.9 Å². The van der Waals surface area contributed by atoms with Crippen LogP contribution in [0.2, 0.25) is 0 Å². The summed E-state index contributed by atoms with van der Waals surface area (Å²) in [5, 5.41) is 7.93. The van der Waals surface area contributed by atoms with Crippen LogP contribution in [0.25, 0.3) is 0 Å². The summed E-state index contributed by atoms with van der Waals surface area (Å²) in [7, 11) is 1.98. The summed E-state index contributed by atoms with van der Waals surface area (Å²) >= 11 is 0. The number of unbranched alkanes of at least 4 members (excludes halogenated alkanes) is 2. The molecule has 0 saturated carbocycles. The van der Waals surface area contributed by atoms with Crippen molar-refractivity contribution in [3.63, 3.8) is 0 Å². The van der Waals surface area contributed by atoms with Gasteiger partial charge in [-0.05, 0) is 18.8 Å². The zero-order valence-electron chi connectivity index (χ0n) is 12.7. The SMILES string of the molecule is CCCCCC(C)(C)CNCc1cn(C)nc1C. The van der Waals surface area contributed by atoms with Gasteiger partial charge in [-0.1, -0.05) is 40.0 Å². The number of aryl methyl sites for hydroxylation is 2. The van der Waals surface area contributed by atoms with Crippen molar-refractivity contribution in [2.45, 2.75) is 59.9 Å². The van der Waals surface area contributed by atoms with Crippen LogP contribution in [0, 0.1) is 12.3 Å². The molecule has 0 aromatic carbocycles. The molecular weight excluding hydrogens is 222 g/mol. The molecule has 1 heterocycles. The first-order chi connectivity index (χ1) is 8.44. The van der Waals surface area contributed by atoms with E-state index in [2.05, 4.69) is 44.3 Å². The Balaban J connectivity index is 2.29. The Hall–Kier alpha value is -0.830. The van der Waals surface area contributed by atoms with E-state index in [0.717, 1.165) is 18.8 Å². The summed E-state index contributed by atoms with van der Waals surface area (Å²) in [6.07, 6.45) is 7.41. The first-order valence-corrected chi connectivity index (χ1v) is 7.14. The molecule has 0 fully saturated rings. The van der Waals surface area contributed by atoms with E-state index in [-0.39, 0.29) is 0 Å². The van der Waals surface area contributed by atoms with Gasteiger partial charge in [0.15, 0.2) is 0 Å². The molecule has 1 aromatic rings. The highest BCUT2D eigenvalue weighted by Crippen LogP contribution is 2.22. The lowest BCUT2D eigenvalue weighted by Crippen LogP contribution is -2.29. The average Bonchev–Trinajstić information content (AvgIpc) is 2.57. The van der Waals surface area contributed by atoms with Gasteiger partial charge in [-0.3, -0.25) is 4.68 Å². The number of nitrogens with zero attached hydrogens (tertiary/aromatic N) is 2.